The number of aliphatic imine (C=N–C) groups is 1. The fourth-order valence-electron chi connectivity index (χ4n) is 3.65. The highest BCUT2D eigenvalue weighted by molar-refractivity contribution is 7.90. The minimum Gasteiger partial charge on any atom is -0.508 e. The molecule has 1 heterocycles. The van der Waals surface area contributed by atoms with E-state index in [-0.39, 0.29) is 18.4 Å². The normalized spacial score (nSPS) is 25.5. The number of rotatable bonds is 5. The molecule has 0 radical (unpaired) electrons. The quantitative estimate of drug-likeness (QED) is 0.696. The van der Waals surface area contributed by atoms with Crippen LogP contribution in [0.25, 0.3) is 0 Å². The number of hydrogen-bond acceptors (Lipinski definition) is 6. The van der Waals surface area contributed by atoms with Crippen molar-refractivity contribution >= 4 is 16.0 Å². The van der Waals surface area contributed by atoms with Crippen LogP contribution in [0.3, 0.4) is 0 Å². The third-order valence-electron chi connectivity index (χ3n) is 4.79. The lowest BCUT2D eigenvalue weighted by molar-refractivity contribution is 0.0761. The molecule has 1 aromatic carbocycles. The van der Waals surface area contributed by atoms with Crippen LogP contribution in [0.15, 0.2) is 53.1 Å². The molecule has 7 nitrogen and oxygen atoms in total. The first kappa shape index (κ1) is 20.4. The molecule has 1 aliphatic heterocycles. The van der Waals surface area contributed by atoms with Gasteiger partial charge in [-0.2, -0.15) is 0 Å². The van der Waals surface area contributed by atoms with Gasteiger partial charge >= 0.3 is 0 Å². The molecule has 8 heteroatoms. The second-order valence-corrected chi connectivity index (χ2v) is 9.24. The molecule has 0 saturated carbocycles. The lowest BCUT2D eigenvalue weighted by atomic mass is 9.97. The number of hydrogen-bond donors (Lipinski definition) is 3. The third kappa shape index (κ3) is 4.39. The number of amidine groups is 1. The molecule has 0 spiro atoms. The smallest absolute Gasteiger partial charge is 0.299 e. The second kappa shape index (κ2) is 7.97. The van der Waals surface area contributed by atoms with Crippen molar-refractivity contribution in [3.63, 3.8) is 0 Å². The van der Waals surface area contributed by atoms with Gasteiger partial charge in [0.1, 0.15) is 16.6 Å². The molecule has 3 rings (SSSR count). The van der Waals surface area contributed by atoms with Crippen LogP contribution in [0, 0.1) is 0 Å². The highest BCUT2D eigenvalue weighted by Gasteiger charge is 2.48. The van der Waals surface area contributed by atoms with Crippen molar-refractivity contribution in [3.05, 3.63) is 53.6 Å². The number of benzene rings is 1. The van der Waals surface area contributed by atoms with Gasteiger partial charge in [-0.1, -0.05) is 30.4 Å². The van der Waals surface area contributed by atoms with Crippen molar-refractivity contribution < 1.29 is 23.4 Å². The monoisotopic (exact) mass is 406 g/mol. The number of aromatic hydroxyl groups is 1. The Hall–Kier alpha value is -2.32. The molecular weight excluding hydrogens is 380 g/mol. The van der Waals surface area contributed by atoms with Crippen LogP contribution >= 0.6 is 0 Å². The Labute approximate surface area is 165 Å². The number of nitrogens with one attached hydrogen (secondary N) is 1. The zero-order valence-corrected chi connectivity index (χ0v) is 16.8. The van der Waals surface area contributed by atoms with E-state index in [1.165, 1.54) is 12.1 Å². The standard InChI is InChI=1S/C20H26N2O5S/c1-20(2)18(15-9-6-10-16(24)13-15)28(25,26)22-19(27-20)21-17(11-12-23)14-7-4-3-5-8-14/h4,6-10,13,17-18,23-24H,3,5,11-12H2,1-2H3,(H,21,22)/t17-,18?/m0/s1. The van der Waals surface area contributed by atoms with Crippen LogP contribution in [-0.4, -0.2) is 42.9 Å². The van der Waals surface area contributed by atoms with E-state index in [1.54, 1.807) is 26.0 Å². The van der Waals surface area contributed by atoms with Crippen LogP contribution in [0.2, 0.25) is 0 Å². The van der Waals surface area contributed by atoms with Gasteiger partial charge in [0.05, 0.1) is 6.04 Å². The maximum absolute atomic E-state index is 13.0. The highest BCUT2D eigenvalue weighted by Crippen LogP contribution is 2.39. The molecule has 1 saturated heterocycles. The van der Waals surface area contributed by atoms with E-state index in [0.717, 1.165) is 18.4 Å². The predicted molar refractivity (Wildman–Crippen MR) is 107 cm³/mol. The van der Waals surface area contributed by atoms with Crippen LogP contribution in [0.1, 0.15) is 43.9 Å². The summed E-state index contributed by atoms with van der Waals surface area (Å²) in [5, 5.41) is 18.1. The number of sulfonamides is 1. The van der Waals surface area contributed by atoms with Gasteiger partial charge in [-0.25, -0.2) is 18.1 Å². The molecule has 2 atom stereocenters. The molecule has 1 unspecified atom stereocenters. The topological polar surface area (TPSA) is 108 Å². The minimum absolute atomic E-state index is 0.0120. The van der Waals surface area contributed by atoms with E-state index in [2.05, 4.69) is 9.71 Å². The Bertz CT molecular complexity index is 918. The number of allylic oxidation sites excluding steroid dienone is 2. The van der Waals surface area contributed by atoms with Crippen LogP contribution < -0.4 is 4.72 Å². The first-order valence-electron chi connectivity index (χ1n) is 9.28. The summed E-state index contributed by atoms with van der Waals surface area (Å²) in [5.74, 6) is -0.0120. The minimum atomic E-state index is -3.86. The fraction of sp³-hybridized carbons (Fsp3) is 0.450. The summed E-state index contributed by atoms with van der Waals surface area (Å²) in [7, 11) is -3.86. The van der Waals surface area contributed by atoms with Crippen molar-refractivity contribution in [2.45, 2.75) is 50.0 Å². The second-order valence-electron chi connectivity index (χ2n) is 7.47. The molecular formula is C20H26N2O5S. The average molecular weight is 407 g/mol. The summed E-state index contributed by atoms with van der Waals surface area (Å²) in [6.07, 6.45) is 8.23. The van der Waals surface area contributed by atoms with Crippen molar-refractivity contribution in [2.75, 3.05) is 6.61 Å². The lowest BCUT2D eigenvalue weighted by Gasteiger charge is -2.39. The van der Waals surface area contributed by atoms with Crippen molar-refractivity contribution in [1.82, 2.24) is 4.72 Å². The van der Waals surface area contributed by atoms with Gasteiger partial charge in [0, 0.05) is 6.61 Å². The molecule has 0 bridgehead atoms. The molecule has 2 aliphatic rings. The Morgan fingerprint density at radius 1 is 1.36 bits per heavy atom. The summed E-state index contributed by atoms with van der Waals surface area (Å²) in [6.45, 7) is 3.28. The van der Waals surface area contributed by atoms with Gasteiger partial charge in [-0.3, -0.25) is 0 Å². The number of phenolic OH excluding ortho intramolecular Hbond substituents is 1. The first-order chi connectivity index (χ1) is 13.2. The molecule has 152 valence electrons. The Balaban J connectivity index is 1.94. The molecule has 1 aromatic rings. The molecule has 1 aliphatic carbocycles. The predicted octanol–water partition coefficient (Wildman–Crippen LogP) is 2.54. The van der Waals surface area contributed by atoms with E-state index in [1.807, 2.05) is 18.2 Å². The Morgan fingerprint density at radius 2 is 2.14 bits per heavy atom. The van der Waals surface area contributed by atoms with Crippen LogP contribution in [0.4, 0.5) is 0 Å². The van der Waals surface area contributed by atoms with Gasteiger partial charge < -0.3 is 14.9 Å². The number of phenols is 1. The summed E-state index contributed by atoms with van der Waals surface area (Å²) in [5.41, 5.74) is 0.252. The van der Waals surface area contributed by atoms with E-state index >= 15 is 0 Å². The maximum Gasteiger partial charge on any atom is 0.299 e. The average Bonchev–Trinajstić information content (AvgIpc) is 2.60. The van der Waals surface area contributed by atoms with Gasteiger partial charge in [0.2, 0.25) is 10.0 Å². The SMILES string of the molecule is CC1(C)OC(=N[C@@H](CCO)C2=CCCC=C2)NS(=O)(=O)C1c1cccc(O)c1. The molecule has 28 heavy (non-hydrogen) atoms. The largest absolute Gasteiger partial charge is 0.508 e. The van der Waals surface area contributed by atoms with Crippen molar-refractivity contribution in [3.8, 4) is 5.75 Å². The summed E-state index contributed by atoms with van der Waals surface area (Å²) in [4.78, 5) is 4.46. The Morgan fingerprint density at radius 3 is 2.75 bits per heavy atom. The van der Waals surface area contributed by atoms with Crippen LogP contribution in [-0.2, 0) is 14.8 Å². The van der Waals surface area contributed by atoms with Gasteiger partial charge in [-0.15, -0.1) is 0 Å². The van der Waals surface area contributed by atoms with Crippen molar-refractivity contribution in [2.24, 2.45) is 4.99 Å². The highest BCUT2D eigenvalue weighted by atomic mass is 32.2. The number of aliphatic hydroxyl groups is 1. The number of aliphatic hydroxyl groups excluding tert-OH is 1. The fourth-order valence-corrected chi connectivity index (χ4v) is 5.41. The van der Waals surface area contributed by atoms with E-state index in [0.29, 0.717) is 12.0 Å². The van der Waals surface area contributed by atoms with Gasteiger partial charge in [0.25, 0.3) is 6.02 Å². The van der Waals surface area contributed by atoms with E-state index in [9.17, 15) is 18.6 Å². The first-order valence-corrected chi connectivity index (χ1v) is 10.8. The number of ether oxygens (including phenoxy) is 1. The molecule has 0 aromatic heterocycles. The molecule has 3 N–H and O–H groups in total. The van der Waals surface area contributed by atoms with E-state index in [4.69, 9.17) is 4.74 Å². The summed E-state index contributed by atoms with van der Waals surface area (Å²) in [6, 6.07) is 5.66. The van der Waals surface area contributed by atoms with Gasteiger partial charge in [0.15, 0.2) is 0 Å². The van der Waals surface area contributed by atoms with Crippen molar-refractivity contribution in [1.29, 1.82) is 0 Å². The number of nitrogens with zero attached hydrogens (tertiary/aromatic N) is 1. The summed E-state index contributed by atoms with van der Waals surface area (Å²) < 4.78 is 34.4. The maximum atomic E-state index is 13.0. The zero-order chi connectivity index (χ0) is 20.4. The Kier molecular flexibility index (Phi) is 5.81. The molecule has 1 fully saturated rings. The van der Waals surface area contributed by atoms with Gasteiger partial charge in [-0.05, 0) is 56.4 Å². The van der Waals surface area contributed by atoms with Crippen LogP contribution in [0.5, 0.6) is 5.75 Å². The van der Waals surface area contributed by atoms with E-state index < -0.39 is 26.9 Å². The summed E-state index contributed by atoms with van der Waals surface area (Å²) >= 11 is 0. The third-order valence-corrected chi connectivity index (χ3v) is 6.71. The lowest BCUT2D eigenvalue weighted by Crippen LogP contribution is -2.53. The molecule has 0 amide bonds. The zero-order valence-electron chi connectivity index (χ0n) is 16.0.